The molecule has 0 unspecified atom stereocenters. The lowest BCUT2D eigenvalue weighted by Crippen LogP contribution is -2.33. The molecule has 0 amide bonds. The summed E-state index contributed by atoms with van der Waals surface area (Å²) in [6, 6.07) is 0. The molecular formula is C12H26N4O2S2. The molecule has 0 heterocycles. The van der Waals surface area contributed by atoms with Crippen molar-refractivity contribution in [2.75, 3.05) is 53.6 Å². The van der Waals surface area contributed by atoms with Crippen molar-refractivity contribution in [1.82, 2.24) is 21.3 Å². The Morgan fingerprint density at radius 1 is 0.750 bits per heavy atom. The Morgan fingerprint density at radius 2 is 1.15 bits per heavy atom. The van der Waals surface area contributed by atoms with Gasteiger partial charge in [0.1, 0.15) is 0 Å². The van der Waals surface area contributed by atoms with Gasteiger partial charge >= 0.3 is 0 Å². The second kappa shape index (κ2) is 14.7. The van der Waals surface area contributed by atoms with Crippen LogP contribution in [-0.4, -0.2) is 63.8 Å². The SMILES string of the molecule is CNC(=S)NCCCOCCOCCCNC(=S)NC. The fourth-order valence-corrected chi connectivity index (χ4v) is 1.46. The van der Waals surface area contributed by atoms with Crippen LogP contribution in [0.2, 0.25) is 0 Å². The molecule has 0 saturated carbocycles. The van der Waals surface area contributed by atoms with E-state index in [-0.39, 0.29) is 0 Å². The number of rotatable bonds is 11. The molecule has 0 atom stereocenters. The molecule has 0 aliphatic carbocycles. The molecule has 20 heavy (non-hydrogen) atoms. The third-order valence-corrected chi connectivity index (χ3v) is 3.03. The summed E-state index contributed by atoms with van der Waals surface area (Å²) in [6.07, 6.45) is 1.85. The average molecular weight is 322 g/mol. The molecule has 0 aromatic carbocycles. The van der Waals surface area contributed by atoms with E-state index in [4.69, 9.17) is 33.9 Å². The Kier molecular flexibility index (Phi) is 14.2. The van der Waals surface area contributed by atoms with Crippen LogP contribution in [-0.2, 0) is 9.47 Å². The predicted octanol–water partition coefficient (Wildman–Crippen LogP) is -0.0124. The molecule has 0 aliphatic heterocycles. The summed E-state index contributed by atoms with van der Waals surface area (Å²) in [5.74, 6) is 0. The van der Waals surface area contributed by atoms with Gasteiger partial charge in [0.05, 0.1) is 13.2 Å². The lowest BCUT2D eigenvalue weighted by molar-refractivity contribution is 0.0467. The first-order valence-corrected chi connectivity index (χ1v) is 7.59. The molecule has 0 aliphatic rings. The predicted molar refractivity (Wildman–Crippen MR) is 90.2 cm³/mol. The Morgan fingerprint density at radius 3 is 1.50 bits per heavy atom. The van der Waals surface area contributed by atoms with E-state index in [1.54, 1.807) is 14.1 Å². The number of ether oxygens (including phenoxy) is 2. The van der Waals surface area contributed by atoms with E-state index in [9.17, 15) is 0 Å². The highest BCUT2D eigenvalue weighted by atomic mass is 32.1. The molecule has 0 fully saturated rings. The molecule has 0 saturated heterocycles. The molecule has 6 nitrogen and oxygen atoms in total. The van der Waals surface area contributed by atoms with Crippen molar-refractivity contribution in [2.45, 2.75) is 12.8 Å². The molecule has 0 aromatic rings. The van der Waals surface area contributed by atoms with Crippen molar-refractivity contribution in [1.29, 1.82) is 0 Å². The first-order chi connectivity index (χ1) is 9.70. The van der Waals surface area contributed by atoms with Crippen molar-refractivity contribution >= 4 is 34.7 Å². The van der Waals surface area contributed by atoms with Gasteiger partial charge in [0.2, 0.25) is 0 Å². The van der Waals surface area contributed by atoms with E-state index >= 15 is 0 Å². The minimum atomic E-state index is 0.624. The lowest BCUT2D eigenvalue weighted by atomic mass is 10.4. The molecular weight excluding hydrogens is 296 g/mol. The van der Waals surface area contributed by atoms with Gasteiger partial charge in [0.15, 0.2) is 10.2 Å². The molecule has 0 bridgehead atoms. The van der Waals surface area contributed by atoms with Gasteiger partial charge in [-0.15, -0.1) is 0 Å². The van der Waals surface area contributed by atoms with Crippen molar-refractivity contribution in [3.63, 3.8) is 0 Å². The van der Waals surface area contributed by atoms with Crippen LogP contribution in [0, 0.1) is 0 Å². The van der Waals surface area contributed by atoms with Crippen LogP contribution in [0.3, 0.4) is 0 Å². The first kappa shape index (κ1) is 19.3. The second-order valence-electron chi connectivity index (χ2n) is 3.94. The van der Waals surface area contributed by atoms with Crippen molar-refractivity contribution < 1.29 is 9.47 Å². The van der Waals surface area contributed by atoms with Crippen LogP contribution in [0.5, 0.6) is 0 Å². The highest BCUT2D eigenvalue weighted by molar-refractivity contribution is 7.80. The third-order valence-electron chi connectivity index (χ3n) is 2.33. The highest BCUT2D eigenvalue weighted by Crippen LogP contribution is 1.85. The van der Waals surface area contributed by atoms with Crippen LogP contribution in [0.4, 0.5) is 0 Å². The summed E-state index contributed by atoms with van der Waals surface area (Å²) in [5.41, 5.74) is 0. The normalized spacial score (nSPS) is 9.90. The molecule has 0 spiro atoms. The summed E-state index contributed by atoms with van der Waals surface area (Å²) >= 11 is 9.90. The standard InChI is InChI=1S/C12H26N4O2S2/c1-13-11(19)15-5-3-7-17-9-10-18-8-4-6-16-12(20)14-2/h3-10H2,1-2H3,(H2,13,15,19)(H2,14,16,20). The van der Waals surface area contributed by atoms with Gasteiger partial charge in [0.25, 0.3) is 0 Å². The lowest BCUT2D eigenvalue weighted by Gasteiger charge is -2.08. The number of thiocarbonyl (C=S) groups is 2. The zero-order valence-corrected chi connectivity index (χ0v) is 13.9. The molecule has 118 valence electrons. The fraction of sp³-hybridized carbons (Fsp3) is 0.833. The van der Waals surface area contributed by atoms with Gasteiger partial charge in [-0.25, -0.2) is 0 Å². The van der Waals surface area contributed by atoms with Gasteiger partial charge in [-0.2, -0.15) is 0 Å². The van der Waals surface area contributed by atoms with Gasteiger partial charge in [-0.1, -0.05) is 0 Å². The summed E-state index contributed by atoms with van der Waals surface area (Å²) in [4.78, 5) is 0. The summed E-state index contributed by atoms with van der Waals surface area (Å²) in [5, 5.41) is 13.2. The first-order valence-electron chi connectivity index (χ1n) is 6.77. The largest absolute Gasteiger partial charge is 0.379 e. The van der Waals surface area contributed by atoms with Crippen molar-refractivity contribution in [2.24, 2.45) is 0 Å². The fourth-order valence-electron chi connectivity index (χ4n) is 1.25. The van der Waals surface area contributed by atoms with Crippen molar-refractivity contribution in [3.05, 3.63) is 0 Å². The minimum Gasteiger partial charge on any atom is -0.379 e. The third kappa shape index (κ3) is 13.7. The van der Waals surface area contributed by atoms with Gasteiger partial charge in [0, 0.05) is 40.4 Å². The van der Waals surface area contributed by atoms with E-state index in [2.05, 4.69) is 21.3 Å². The van der Waals surface area contributed by atoms with Gasteiger partial charge < -0.3 is 30.7 Å². The smallest absolute Gasteiger partial charge is 0.166 e. The molecule has 0 aromatic heterocycles. The summed E-state index contributed by atoms with van der Waals surface area (Å²) in [7, 11) is 3.59. The van der Waals surface area contributed by atoms with E-state index in [1.807, 2.05) is 0 Å². The Balaban J connectivity index is 3.06. The molecule has 0 rings (SSSR count). The van der Waals surface area contributed by atoms with E-state index in [0.717, 1.165) is 25.9 Å². The monoisotopic (exact) mass is 322 g/mol. The number of hydrogen-bond donors (Lipinski definition) is 4. The number of nitrogens with one attached hydrogen (secondary N) is 4. The van der Waals surface area contributed by atoms with Gasteiger partial charge in [-0.05, 0) is 37.3 Å². The molecule has 8 heteroatoms. The maximum absolute atomic E-state index is 5.44. The second-order valence-corrected chi connectivity index (χ2v) is 4.76. The Hall–Kier alpha value is -0.700. The maximum Gasteiger partial charge on any atom is 0.166 e. The zero-order valence-electron chi connectivity index (χ0n) is 12.3. The maximum atomic E-state index is 5.44. The number of hydrogen-bond acceptors (Lipinski definition) is 4. The highest BCUT2D eigenvalue weighted by Gasteiger charge is 1.94. The van der Waals surface area contributed by atoms with Gasteiger partial charge in [-0.3, -0.25) is 0 Å². The van der Waals surface area contributed by atoms with Crippen LogP contribution in [0.25, 0.3) is 0 Å². The summed E-state index contributed by atoms with van der Waals surface area (Å²) in [6.45, 7) is 4.30. The minimum absolute atomic E-state index is 0.624. The average Bonchev–Trinajstić information content (AvgIpc) is 2.47. The van der Waals surface area contributed by atoms with Crippen molar-refractivity contribution in [3.8, 4) is 0 Å². The quantitative estimate of drug-likeness (QED) is 0.313. The van der Waals surface area contributed by atoms with E-state index in [1.165, 1.54) is 0 Å². The summed E-state index contributed by atoms with van der Waals surface area (Å²) < 4.78 is 10.9. The molecule has 4 N–H and O–H groups in total. The van der Waals surface area contributed by atoms with Crippen LogP contribution in [0.15, 0.2) is 0 Å². The van der Waals surface area contributed by atoms with E-state index < -0.39 is 0 Å². The topological polar surface area (TPSA) is 66.6 Å². The Labute approximate surface area is 132 Å². The van der Waals surface area contributed by atoms with Crippen LogP contribution >= 0.6 is 24.4 Å². The van der Waals surface area contributed by atoms with E-state index in [0.29, 0.717) is 36.7 Å². The Bertz CT molecular complexity index is 242. The molecule has 0 radical (unpaired) electrons. The zero-order chi connectivity index (χ0) is 15.1. The van der Waals surface area contributed by atoms with Crippen LogP contribution < -0.4 is 21.3 Å². The van der Waals surface area contributed by atoms with Crippen LogP contribution in [0.1, 0.15) is 12.8 Å².